The second-order valence-electron chi connectivity index (χ2n) is 2.70. The fourth-order valence-corrected chi connectivity index (χ4v) is 2.32. The van der Waals surface area contributed by atoms with Crippen LogP contribution in [-0.2, 0) is 0 Å². The Morgan fingerprint density at radius 3 is 2.31 bits per heavy atom. The van der Waals surface area contributed by atoms with Crippen LogP contribution in [0.1, 0.15) is 0 Å². The normalized spacial score (nSPS) is 10.2. The third-order valence-corrected chi connectivity index (χ3v) is 5.01. The molecule has 16 heavy (non-hydrogen) atoms. The molecule has 0 aliphatic heterocycles. The van der Waals surface area contributed by atoms with Crippen LogP contribution in [0.15, 0.2) is 38.2 Å². The molecule has 0 aliphatic rings. The molecular weight excluding hydrogens is 406 g/mol. The molecule has 4 nitrogen and oxygen atoms in total. The van der Waals surface area contributed by atoms with Gasteiger partial charge in [-0.3, -0.25) is 0 Å². The van der Waals surface area contributed by atoms with Crippen LogP contribution in [0.4, 0.5) is 0 Å². The molecule has 0 radical (unpaired) electrons. The Bertz CT molecular complexity index is 507. The van der Waals surface area contributed by atoms with Gasteiger partial charge in [0, 0.05) is 8.95 Å². The van der Waals surface area contributed by atoms with Gasteiger partial charge in [0.15, 0.2) is 0 Å². The molecule has 0 bridgehead atoms. The van der Waals surface area contributed by atoms with Crippen molar-refractivity contribution in [3.8, 4) is 11.8 Å². The lowest BCUT2D eigenvalue weighted by Crippen LogP contribution is -1.92. The van der Waals surface area contributed by atoms with Gasteiger partial charge in [0.1, 0.15) is 18.4 Å². The van der Waals surface area contributed by atoms with Gasteiger partial charge in [0.05, 0.1) is 4.47 Å². The molecule has 0 amide bonds. The highest BCUT2D eigenvalue weighted by atomic mass is 79.9. The van der Waals surface area contributed by atoms with Crippen LogP contribution in [0.5, 0.6) is 11.8 Å². The van der Waals surface area contributed by atoms with Crippen molar-refractivity contribution >= 4 is 47.8 Å². The van der Waals surface area contributed by atoms with Gasteiger partial charge in [-0.15, -0.1) is 0 Å². The Hall–Kier alpha value is -0.530. The quantitative estimate of drug-likeness (QED) is 0.705. The molecule has 0 saturated heterocycles. The highest BCUT2D eigenvalue weighted by molar-refractivity contribution is 9.14. The number of ether oxygens (including phenoxy) is 1. The highest BCUT2D eigenvalue weighted by Crippen LogP contribution is 2.38. The zero-order valence-electron chi connectivity index (χ0n) is 7.69. The standard InChI is InChI=1S/C9H4Br3N3O/c10-5-1-2-6(8(12)7(5)11)16-9-14-3-13-4-15-9/h1-4H. The maximum atomic E-state index is 5.49. The molecule has 0 N–H and O–H groups in total. The number of aromatic nitrogens is 3. The number of hydrogen-bond acceptors (Lipinski definition) is 4. The molecule has 0 atom stereocenters. The first-order chi connectivity index (χ1) is 7.68. The first-order valence-corrected chi connectivity index (χ1v) is 6.49. The van der Waals surface area contributed by atoms with Gasteiger partial charge in [-0.2, -0.15) is 9.97 Å². The average Bonchev–Trinajstić information content (AvgIpc) is 2.31. The lowest BCUT2D eigenvalue weighted by Gasteiger charge is -2.07. The van der Waals surface area contributed by atoms with Crippen LogP contribution in [0.2, 0.25) is 0 Å². The monoisotopic (exact) mass is 407 g/mol. The number of nitrogens with zero attached hydrogens (tertiary/aromatic N) is 3. The molecular formula is C9H4Br3N3O. The van der Waals surface area contributed by atoms with Crippen LogP contribution in [-0.4, -0.2) is 15.0 Å². The molecule has 2 rings (SSSR count). The van der Waals surface area contributed by atoms with E-state index in [0.29, 0.717) is 5.75 Å². The van der Waals surface area contributed by atoms with Gasteiger partial charge in [0.25, 0.3) is 0 Å². The molecule has 0 unspecified atom stereocenters. The van der Waals surface area contributed by atoms with E-state index in [1.54, 1.807) is 0 Å². The minimum atomic E-state index is 0.255. The molecule has 0 spiro atoms. The van der Waals surface area contributed by atoms with Crippen LogP contribution in [0, 0.1) is 0 Å². The van der Waals surface area contributed by atoms with Gasteiger partial charge in [-0.05, 0) is 59.9 Å². The summed E-state index contributed by atoms with van der Waals surface area (Å²) in [6.07, 6.45) is 2.76. The Morgan fingerprint density at radius 1 is 0.938 bits per heavy atom. The zero-order chi connectivity index (χ0) is 11.5. The number of benzene rings is 1. The van der Waals surface area contributed by atoms with E-state index in [0.717, 1.165) is 13.4 Å². The molecule has 1 heterocycles. The smallest absolute Gasteiger partial charge is 0.324 e. The second-order valence-corrected chi connectivity index (χ2v) is 5.14. The third-order valence-electron chi connectivity index (χ3n) is 1.67. The van der Waals surface area contributed by atoms with E-state index in [1.165, 1.54) is 12.7 Å². The minimum absolute atomic E-state index is 0.255. The maximum absolute atomic E-state index is 5.49. The summed E-state index contributed by atoms with van der Waals surface area (Å²) in [5.74, 6) is 0.626. The highest BCUT2D eigenvalue weighted by Gasteiger charge is 2.10. The summed E-state index contributed by atoms with van der Waals surface area (Å²) in [5.41, 5.74) is 0. The van der Waals surface area contributed by atoms with Crippen LogP contribution in [0.25, 0.3) is 0 Å². The van der Waals surface area contributed by atoms with Gasteiger partial charge >= 0.3 is 6.01 Å². The Kier molecular flexibility index (Phi) is 3.88. The predicted octanol–water partition coefficient (Wildman–Crippen LogP) is 3.95. The van der Waals surface area contributed by atoms with E-state index in [2.05, 4.69) is 62.7 Å². The fraction of sp³-hybridized carbons (Fsp3) is 0. The van der Waals surface area contributed by atoms with Gasteiger partial charge < -0.3 is 4.74 Å². The van der Waals surface area contributed by atoms with Crippen LogP contribution >= 0.6 is 47.8 Å². The molecule has 0 aliphatic carbocycles. The summed E-state index contributed by atoms with van der Waals surface area (Å²) in [4.78, 5) is 11.5. The molecule has 2 aromatic rings. The zero-order valence-corrected chi connectivity index (χ0v) is 12.5. The number of hydrogen-bond donors (Lipinski definition) is 0. The average molecular weight is 410 g/mol. The summed E-state index contributed by atoms with van der Waals surface area (Å²) in [7, 11) is 0. The molecule has 0 saturated carbocycles. The lowest BCUT2D eigenvalue weighted by atomic mass is 10.3. The fourth-order valence-electron chi connectivity index (χ4n) is 0.967. The summed E-state index contributed by atoms with van der Waals surface area (Å²) in [6, 6.07) is 3.93. The van der Waals surface area contributed by atoms with E-state index < -0.39 is 0 Å². The van der Waals surface area contributed by atoms with Crippen molar-refractivity contribution in [2.24, 2.45) is 0 Å². The van der Waals surface area contributed by atoms with Crippen LogP contribution < -0.4 is 4.74 Å². The summed E-state index contributed by atoms with van der Waals surface area (Å²) in [5, 5.41) is 0. The predicted molar refractivity (Wildman–Crippen MR) is 69.4 cm³/mol. The summed E-state index contributed by atoms with van der Waals surface area (Å²) < 4.78 is 8.09. The SMILES string of the molecule is Brc1ccc(Oc2ncncn2)c(Br)c1Br. The van der Waals surface area contributed by atoms with Crippen molar-refractivity contribution in [1.82, 2.24) is 15.0 Å². The largest absolute Gasteiger partial charge is 0.423 e. The van der Waals surface area contributed by atoms with E-state index in [9.17, 15) is 0 Å². The molecule has 0 fully saturated rings. The van der Waals surface area contributed by atoms with Crippen molar-refractivity contribution in [1.29, 1.82) is 0 Å². The molecule has 1 aromatic carbocycles. The number of rotatable bonds is 2. The van der Waals surface area contributed by atoms with Crippen molar-refractivity contribution in [2.75, 3.05) is 0 Å². The Labute approximate surface area is 117 Å². The Balaban J connectivity index is 2.33. The first kappa shape index (κ1) is 11.9. The topological polar surface area (TPSA) is 47.9 Å². The van der Waals surface area contributed by atoms with E-state index in [-0.39, 0.29) is 6.01 Å². The first-order valence-electron chi connectivity index (χ1n) is 4.12. The molecule has 7 heteroatoms. The Morgan fingerprint density at radius 2 is 1.62 bits per heavy atom. The number of halogens is 3. The van der Waals surface area contributed by atoms with Crippen molar-refractivity contribution in [3.05, 3.63) is 38.2 Å². The molecule has 1 aromatic heterocycles. The van der Waals surface area contributed by atoms with Gasteiger partial charge in [0.2, 0.25) is 0 Å². The summed E-state index contributed by atoms with van der Waals surface area (Å²) >= 11 is 10.2. The van der Waals surface area contributed by atoms with E-state index >= 15 is 0 Å². The van der Waals surface area contributed by atoms with Crippen molar-refractivity contribution in [2.45, 2.75) is 0 Å². The van der Waals surface area contributed by atoms with E-state index in [1.807, 2.05) is 12.1 Å². The van der Waals surface area contributed by atoms with Gasteiger partial charge in [-0.1, -0.05) is 0 Å². The van der Waals surface area contributed by atoms with Gasteiger partial charge in [-0.25, -0.2) is 4.98 Å². The maximum Gasteiger partial charge on any atom is 0.324 e. The van der Waals surface area contributed by atoms with Crippen LogP contribution in [0.3, 0.4) is 0 Å². The minimum Gasteiger partial charge on any atom is -0.423 e. The molecule has 82 valence electrons. The van der Waals surface area contributed by atoms with Crippen molar-refractivity contribution < 1.29 is 4.74 Å². The third kappa shape index (κ3) is 2.58. The summed E-state index contributed by atoms with van der Waals surface area (Å²) in [6.45, 7) is 0. The van der Waals surface area contributed by atoms with E-state index in [4.69, 9.17) is 4.74 Å². The lowest BCUT2D eigenvalue weighted by molar-refractivity contribution is 0.436. The second kappa shape index (κ2) is 5.20. The van der Waals surface area contributed by atoms with Crippen molar-refractivity contribution in [3.63, 3.8) is 0 Å².